The summed E-state index contributed by atoms with van der Waals surface area (Å²) in [5.41, 5.74) is -0.233. The lowest BCUT2D eigenvalue weighted by molar-refractivity contribution is -0.124. The van der Waals surface area contributed by atoms with Gasteiger partial charge in [0.1, 0.15) is 0 Å². The van der Waals surface area contributed by atoms with Gasteiger partial charge in [-0.25, -0.2) is 4.79 Å². The minimum atomic E-state index is -4.21. The standard InChI is InChI=1S/C8H12F3N3O/c1-13-4-5-14(7(13)15)3-2-12-6-8(9,10)11/h4-5,12H,2-3,6H2,1H3. The molecule has 0 spiro atoms. The van der Waals surface area contributed by atoms with Crippen molar-refractivity contribution >= 4 is 0 Å². The van der Waals surface area contributed by atoms with Crippen molar-refractivity contribution in [3.8, 4) is 0 Å². The van der Waals surface area contributed by atoms with Gasteiger partial charge < -0.3 is 9.88 Å². The van der Waals surface area contributed by atoms with Crippen molar-refractivity contribution in [2.24, 2.45) is 7.05 Å². The van der Waals surface area contributed by atoms with Crippen LogP contribution in [0.3, 0.4) is 0 Å². The highest BCUT2D eigenvalue weighted by Crippen LogP contribution is 2.11. The molecule has 0 bridgehead atoms. The molecular weight excluding hydrogens is 211 g/mol. The fraction of sp³-hybridized carbons (Fsp3) is 0.625. The van der Waals surface area contributed by atoms with Crippen molar-refractivity contribution in [2.45, 2.75) is 12.7 Å². The Morgan fingerprint density at radius 2 is 2.07 bits per heavy atom. The van der Waals surface area contributed by atoms with Gasteiger partial charge in [0.25, 0.3) is 0 Å². The van der Waals surface area contributed by atoms with Crippen LogP contribution in [0.1, 0.15) is 0 Å². The number of nitrogens with one attached hydrogen (secondary N) is 1. The predicted octanol–water partition coefficient (Wildman–Crippen LogP) is 0.339. The molecule has 0 saturated carbocycles. The van der Waals surface area contributed by atoms with Crippen molar-refractivity contribution in [3.63, 3.8) is 0 Å². The summed E-state index contributed by atoms with van der Waals surface area (Å²) in [5, 5.41) is 2.22. The normalized spacial score (nSPS) is 12.0. The lowest BCUT2D eigenvalue weighted by Gasteiger charge is -2.07. The van der Waals surface area contributed by atoms with Crippen LogP contribution >= 0.6 is 0 Å². The first kappa shape index (κ1) is 11.8. The Labute approximate surface area is 84.3 Å². The van der Waals surface area contributed by atoms with E-state index >= 15 is 0 Å². The smallest absolute Gasteiger partial charge is 0.307 e. The molecule has 0 saturated heterocycles. The third kappa shape index (κ3) is 3.78. The van der Waals surface area contributed by atoms with E-state index in [9.17, 15) is 18.0 Å². The number of alkyl halides is 3. The second kappa shape index (κ2) is 4.52. The second-order valence-electron chi connectivity index (χ2n) is 3.18. The number of aryl methyl sites for hydroxylation is 1. The maximum Gasteiger partial charge on any atom is 0.401 e. The second-order valence-corrected chi connectivity index (χ2v) is 3.18. The SMILES string of the molecule is Cn1ccn(CCNCC(F)(F)F)c1=O. The molecule has 0 aliphatic heterocycles. The van der Waals surface area contributed by atoms with Crippen molar-refractivity contribution in [3.05, 3.63) is 22.9 Å². The first-order chi connectivity index (χ1) is 6.90. The fourth-order valence-electron chi connectivity index (χ4n) is 1.11. The molecule has 7 heteroatoms. The van der Waals surface area contributed by atoms with E-state index in [1.165, 1.54) is 15.3 Å². The Balaban J connectivity index is 2.33. The molecule has 0 amide bonds. The van der Waals surface area contributed by atoms with Crippen molar-refractivity contribution in [2.75, 3.05) is 13.1 Å². The van der Waals surface area contributed by atoms with Crippen LogP contribution < -0.4 is 11.0 Å². The number of hydrogen-bond acceptors (Lipinski definition) is 2. The molecule has 0 aliphatic carbocycles. The van der Waals surface area contributed by atoms with Gasteiger partial charge in [0.15, 0.2) is 0 Å². The van der Waals surface area contributed by atoms with E-state index in [0.29, 0.717) is 0 Å². The van der Waals surface area contributed by atoms with E-state index < -0.39 is 12.7 Å². The van der Waals surface area contributed by atoms with Crippen molar-refractivity contribution in [1.82, 2.24) is 14.5 Å². The predicted molar refractivity (Wildman–Crippen MR) is 48.6 cm³/mol. The van der Waals surface area contributed by atoms with Gasteiger partial charge in [-0.15, -0.1) is 0 Å². The van der Waals surface area contributed by atoms with Crippen LogP contribution in [0, 0.1) is 0 Å². The largest absolute Gasteiger partial charge is 0.401 e. The van der Waals surface area contributed by atoms with Crippen LogP contribution in [0.5, 0.6) is 0 Å². The van der Waals surface area contributed by atoms with Gasteiger partial charge in [0, 0.05) is 32.5 Å². The molecule has 1 N–H and O–H groups in total. The summed E-state index contributed by atoms with van der Waals surface area (Å²) in [7, 11) is 1.59. The third-order valence-electron chi connectivity index (χ3n) is 1.87. The average molecular weight is 223 g/mol. The number of imidazole rings is 1. The molecule has 4 nitrogen and oxygen atoms in total. The molecule has 1 aromatic heterocycles. The first-order valence-corrected chi connectivity index (χ1v) is 4.39. The maximum atomic E-state index is 11.7. The summed E-state index contributed by atoms with van der Waals surface area (Å²) < 4.78 is 37.9. The summed E-state index contributed by atoms with van der Waals surface area (Å²) in [6.45, 7) is -0.687. The zero-order valence-corrected chi connectivity index (χ0v) is 8.21. The zero-order valence-electron chi connectivity index (χ0n) is 8.21. The molecule has 0 atom stereocenters. The number of halogens is 3. The van der Waals surface area contributed by atoms with E-state index in [1.807, 2.05) is 0 Å². The Hall–Kier alpha value is -1.24. The molecular formula is C8H12F3N3O. The molecule has 0 fully saturated rings. The summed E-state index contributed by atoms with van der Waals surface area (Å²) in [6, 6.07) is 0. The van der Waals surface area contributed by atoms with E-state index in [0.717, 1.165) is 0 Å². The molecule has 1 rings (SSSR count). The summed E-state index contributed by atoms with van der Waals surface area (Å²) >= 11 is 0. The summed E-state index contributed by atoms with van der Waals surface area (Å²) in [4.78, 5) is 11.2. The van der Waals surface area contributed by atoms with E-state index in [4.69, 9.17) is 0 Å². The highest BCUT2D eigenvalue weighted by Gasteiger charge is 2.25. The van der Waals surface area contributed by atoms with Gasteiger partial charge in [-0.1, -0.05) is 0 Å². The zero-order chi connectivity index (χ0) is 11.5. The van der Waals surface area contributed by atoms with Crippen LogP contribution in [-0.2, 0) is 13.6 Å². The molecule has 1 heterocycles. The molecule has 86 valence electrons. The van der Waals surface area contributed by atoms with Crippen molar-refractivity contribution < 1.29 is 13.2 Å². The van der Waals surface area contributed by atoms with Crippen LogP contribution in [-0.4, -0.2) is 28.4 Å². The van der Waals surface area contributed by atoms with E-state index in [2.05, 4.69) is 5.32 Å². The van der Waals surface area contributed by atoms with Crippen molar-refractivity contribution in [1.29, 1.82) is 0 Å². The average Bonchev–Trinajstić information content (AvgIpc) is 2.42. The number of rotatable bonds is 4. The van der Waals surface area contributed by atoms with Crippen LogP contribution in [0.2, 0.25) is 0 Å². The molecule has 0 aromatic carbocycles. The first-order valence-electron chi connectivity index (χ1n) is 4.39. The van der Waals surface area contributed by atoms with Gasteiger partial charge in [-0.05, 0) is 0 Å². The van der Waals surface area contributed by atoms with Crippen LogP contribution in [0.4, 0.5) is 13.2 Å². The lowest BCUT2D eigenvalue weighted by Crippen LogP contribution is -2.33. The van der Waals surface area contributed by atoms with Gasteiger partial charge in [0.05, 0.1) is 6.54 Å². The monoisotopic (exact) mass is 223 g/mol. The number of aromatic nitrogens is 2. The maximum absolute atomic E-state index is 11.7. The van der Waals surface area contributed by atoms with Gasteiger partial charge >= 0.3 is 11.9 Å². The van der Waals surface area contributed by atoms with E-state index in [-0.39, 0.29) is 18.8 Å². The quantitative estimate of drug-likeness (QED) is 0.747. The third-order valence-corrected chi connectivity index (χ3v) is 1.87. The minimum Gasteiger partial charge on any atom is -0.307 e. The van der Waals surface area contributed by atoms with Gasteiger partial charge in [-0.3, -0.25) is 4.57 Å². The minimum absolute atomic E-state index is 0.115. The Bertz CT molecular complexity index is 366. The molecule has 0 unspecified atom stereocenters. The molecule has 1 aromatic rings. The lowest BCUT2D eigenvalue weighted by atomic mass is 10.5. The Morgan fingerprint density at radius 3 is 2.53 bits per heavy atom. The fourth-order valence-corrected chi connectivity index (χ4v) is 1.11. The highest BCUT2D eigenvalue weighted by molar-refractivity contribution is 4.79. The van der Waals surface area contributed by atoms with Crippen LogP contribution in [0.25, 0.3) is 0 Å². The summed E-state index contributed by atoms with van der Waals surface area (Å²) in [5.74, 6) is 0. The van der Waals surface area contributed by atoms with Gasteiger partial charge in [-0.2, -0.15) is 13.2 Å². The number of hydrogen-bond donors (Lipinski definition) is 1. The topological polar surface area (TPSA) is 39.0 Å². The Kier molecular flexibility index (Phi) is 3.57. The Morgan fingerprint density at radius 1 is 1.40 bits per heavy atom. The van der Waals surface area contributed by atoms with E-state index in [1.54, 1.807) is 13.2 Å². The van der Waals surface area contributed by atoms with Crippen LogP contribution in [0.15, 0.2) is 17.2 Å². The molecule has 0 radical (unpaired) electrons. The molecule has 15 heavy (non-hydrogen) atoms. The summed E-state index contributed by atoms with van der Waals surface area (Å²) in [6.07, 6.45) is -1.11. The highest BCUT2D eigenvalue weighted by atomic mass is 19.4. The number of nitrogens with zero attached hydrogens (tertiary/aromatic N) is 2. The van der Waals surface area contributed by atoms with Gasteiger partial charge in [0.2, 0.25) is 0 Å². The molecule has 0 aliphatic rings.